The lowest BCUT2D eigenvalue weighted by Gasteiger charge is -2.31. The molecule has 6 nitrogen and oxygen atoms in total. The number of piperidine rings is 1. The monoisotopic (exact) mass is 412 g/mol. The molecule has 3 rings (SSSR count). The molecule has 0 spiro atoms. The standard InChI is InChI=1S/C18H18ClFN2O4S/c19-14-3-6-18(21-11-14)26-16-7-9-22(10-8-16)27(24,25)12-17(23)13-1-4-15(20)5-2-13/h1-6,11,16H,7-10,12H2. The predicted octanol–water partition coefficient (Wildman–Crippen LogP) is 2.93. The van der Waals surface area contributed by atoms with Crippen molar-refractivity contribution in [1.82, 2.24) is 9.29 Å². The molecule has 9 heteroatoms. The maximum atomic E-state index is 12.9. The Morgan fingerprint density at radius 1 is 1.19 bits per heavy atom. The van der Waals surface area contributed by atoms with E-state index in [2.05, 4.69) is 4.98 Å². The molecule has 0 saturated carbocycles. The molecule has 1 aliphatic rings. The highest BCUT2D eigenvalue weighted by atomic mass is 35.5. The molecule has 27 heavy (non-hydrogen) atoms. The van der Waals surface area contributed by atoms with E-state index in [1.165, 1.54) is 22.6 Å². The lowest BCUT2D eigenvalue weighted by molar-refractivity contribution is 0.101. The van der Waals surface area contributed by atoms with Gasteiger partial charge in [0.15, 0.2) is 5.78 Å². The van der Waals surface area contributed by atoms with Crippen molar-refractivity contribution in [2.75, 3.05) is 18.8 Å². The summed E-state index contributed by atoms with van der Waals surface area (Å²) in [4.78, 5) is 16.2. The molecule has 1 aliphatic heterocycles. The summed E-state index contributed by atoms with van der Waals surface area (Å²) in [7, 11) is -3.74. The van der Waals surface area contributed by atoms with Gasteiger partial charge in [-0.05, 0) is 43.2 Å². The quantitative estimate of drug-likeness (QED) is 0.682. The van der Waals surface area contributed by atoms with Gasteiger partial charge in [0.1, 0.15) is 17.7 Å². The van der Waals surface area contributed by atoms with E-state index in [0.717, 1.165) is 12.1 Å². The Kier molecular flexibility index (Phi) is 6.08. The van der Waals surface area contributed by atoms with E-state index in [-0.39, 0.29) is 24.8 Å². The van der Waals surface area contributed by atoms with Crippen LogP contribution in [0.2, 0.25) is 5.02 Å². The number of halogens is 2. The second-order valence-corrected chi connectivity index (χ2v) is 8.62. The van der Waals surface area contributed by atoms with Crippen LogP contribution in [0.4, 0.5) is 4.39 Å². The first-order valence-corrected chi connectivity index (χ1v) is 10.4. The van der Waals surface area contributed by atoms with Gasteiger partial charge in [-0.3, -0.25) is 4.79 Å². The number of pyridine rings is 1. The van der Waals surface area contributed by atoms with Crippen molar-refractivity contribution in [1.29, 1.82) is 0 Å². The summed E-state index contributed by atoms with van der Waals surface area (Å²) in [6.45, 7) is 0.522. The van der Waals surface area contributed by atoms with Crippen LogP contribution in [0.5, 0.6) is 5.88 Å². The summed E-state index contributed by atoms with van der Waals surface area (Å²) < 4.78 is 45.0. The molecule has 1 fully saturated rings. The van der Waals surface area contributed by atoms with Gasteiger partial charge in [-0.2, -0.15) is 0 Å². The van der Waals surface area contributed by atoms with Crippen molar-refractivity contribution in [3.05, 3.63) is 59.0 Å². The van der Waals surface area contributed by atoms with Crippen LogP contribution in [0.15, 0.2) is 42.6 Å². The molecule has 144 valence electrons. The summed E-state index contributed by atoms with van der Waals surface area (Å²) in [5, 5.41) is 0.508. The Hall–Kier alpha value is -2.03. The zero-order valence-corrected chi connectivity index (χ0v) is 15.9. The van der Waals surface area contributed by atoms with Crippen LogP contribution in [0.1, 0.15) is 23.2 Å². The van der Waals surface area contributed by atoms with Crippen molar-refractivity contribution in [2.45, 2.75) is 18.9 Å². The number of hydrogen-bond donors (Lipinski definition) is 0. The molecule has 0 radical (unpaired) electrons. The number of ether oxygens (including phenoxy) is 1. The molecule has 2 aromatic rings. The van der Waals surface area contributed by atoms with E-state index >= 15 is 0 Å². The number of aromatic nitrogens is 1. The van der Waals surface area contributed by atoms with E-state index in [9.17, 15) is 17.6 Å². The minimum absolute atomic E-state index is 0.155. The highest BCUT2D eigenvalue weighted by Crippen LogP contribution is 2.21. The fourth-order valence-electron chi connectivity index (χ4n) is 2.81. The zero-order chi connectivity index (χ0) is 19.4. The largest absolute Gasteiger partial charge is 0.474 e. The first-order valence-electron chi connectivity index (χ1n) is 8.38. The Labute approximate surface area is 162 Å². The fraction of sp³-hybridized carbons (Fsp3) is 0.333. The Morgan fingerprint density at radius 3 is 2.44 bits per heavy atom. The molecule has 0 N–H and O–H groups in total. The van der Waals surface area contributed by atoms with E-state index in [4.69, 9.17) is 16.3 Å². The van der Waals surface area contributed by atoms with Crippen LogP contribution in [0, 0.1) is 5.82 Å². The van der Waals surface area contributed by atoms with Gasteiger partial charge < -0.3 is 4.74 Å². The van der Waals surface area contributed by atoms with E-state index in [1.807, 2.05) is 0 Å². The number of nitrogens with zero attached hydrogens (tertiary/aromatic N) is 2. The molecular formula is C18H18ClFN2O4S. The third-order valence-electron chi connectivity index (χ3n) is 4.26. The normalized spacial score (nSPS) is 16.2. The van der Waals surface area contributed by atoms with Gasteiger partial charge in [-0.1, -0.05) is 11.6 Å². The van der Waals surface area contributed by atoms with Gasteiger partial charge in [-0.25, -0.2) is 22.1 Å². The van der Waals surface area contributed by atoms with E-state index < -0.39 is 27.4 Å². The minimum Gasteiger partial charge on any atom is -0.474 e. The number of Topliss-reactive ketones (excluding diaryl/α,β-unsaturated/α-hetero) is 1. The third kappa shape index (κ3) is 5.24. The van der Waals surface area contributed by atoms with Crippen LogP contribution in [-0.2, 0) is 10.0 Å². The van der Waals surface area contributed by atoms with Gasteiger partial charge in [0.2, 0.25) is 15.9 Å². The smallest absolute Gasteiger partial charge is 0.221 e. The molecule has 2 heterocycles. The van der Waals surface area contributed by atoms with Gasteiger partial charge >= 0.3 is 0 Å². The van der Waals surface area contributed by atoms with Gasteiger partial charge in [0.25, 0.3) is 0 Å². The Bertz CT molecular complexity index is 896. The number of sulfonamides is 1. The first kappa shape index (κ1) is 19.7. The maximum Gasteiger partial charge on any atom is 0.221 e. The van der Waals surface area contributed by atoms with Crippen molar-refractivity contribution in [3.8, 4) is 5.88 Å². The van der Waals surface area contributed by atoms with Crippen LogP contribution < -0.4 is 4.74 Å². The average Bonchev–Trinajstić information content (AvgIpc) is 2.64. The summed E-state index contributed by atoms with van der Waals surface area (Å²) in [6.07, 6.45) is 2.32. The Morgan fingerprint density at radius 2 is 1.85 bits per heavy atom. The molecule has 1 aromatic heterocycles. The maximum absolute atomic E-state index is 12.9. The van der Waals surface area contributed by atoms with Crippen LogP contribution in [0.3, 0.4) is 0 Å². The second-order valence-electron chi connectivity index (χ2n) is 6.22. The number of carbonyl (C=O) groups excluding carboxylic acids is 1. The summed E-state index contributed by atoms with van der Waals surface area (Å²) in [5.41, 5.74) is 0.173. The molecule has 0 unspecified atom stereocenters. The van der Waals surface area contributed by atoms with Crippen molar-refractivity contribution >= 4 is 27.4 Å². The van der Waals surface area contributed by atoms with E-state index in [1.54, 1.807) is 12.1 Å². The van der Waals surface area contributed by atoms with E-state index in [0.29, 0.717) is 23.7 Å². The van der Waals surface area contributed by atoms with Gasteiger partial charge in [-0.15, -0.1) is 0 Å². The summed E-state index contributed by atoms with van der Waals surface area (Å²) >= 11 is 5.78. The molecule has 1 saturated heterocycles. The van der Waals surface area contributed by atoms with Crippen LogP contribution in [-0.4, -0.2) is 48.4 Å². The number of hydrogen-bond acceptors (Lipinski definition) is 5. The van der Waals surface area contributed by atoms with Crippen LogP contribution in [0.25, 0.3) is 0 Å². The lowest BCUT2D eigenvalue weighted by Crippen LogP contribution is -2.43. The van der Waals surface area contributed by atoms with Crippen molar-refractivity contribution in [2.24, 2.45) is 0 Å². The fourth-order valence-corrected chi connectivity index (χ4v) is 4.37. The van der Waals surface area contributed by atoms with Gasteiger partial charge in [0.05, 0.1) is 5.02 Å². The summed E-state index contributed by atoms with van der Waals surface area (Å²) in [5.74, 6) is -1.24. The molecule has 0 atom stereocenters. The van der Waals surface area contributed by atoms with Crippen LogP contribution >= 0.6 is 11.6 Å². The zero-order valence-electron chi connectivity index (χ0n) is 14.3. The number of ketones is 1. The topological polar surface area (TPSA) is 76.6 Å². The molecule has 0 bridgehead atoms. The third-order valence-corrected chi connectivity index (χ3v) is 6.26. The number of carbonyl (C=O) groups is 1. The second kappa shape index (κ2) is 8.33. The average molecular weight is 413 g/mol. The predicted molar refractivity (Wildman–Crippen MR) is 99.0 cm³/mol. The molecular weight excluding hydrogens is 395 g/mol. The molecule has 0 aliphatic carbocycles. The molecule has 1 aromatic carbocycles. The molecule has 0 amide bonds. The SMILES string of the molecule is O=C(CS(=O)(=O)N1CCC(Oc2ccc(Cl)cn2)CC1)c1ccc(F)cc1. The highest BCUT2D eigenvalue weighted by Gasteiger charge is 2.31. The first-order chi connectivity index (χ1) is 12.8. The number of rotatable bonds is 6. The van der Waals surface area contributed by atoms with Gasteiger partial charge in [0, 0.05) is 30.9 Å². The summed E-state index contributed by atoms with van der Waals surface area (Å²) in [6, 6.07) is 8.16. The highest BCUT2D eigenvalue weighted by molar-refractivity contribution is 7.89. The number of benzene rings is 1. The van der Waals surface area contributed by atoms with Crippen molar-refractivity contribution < 1.29 is 22.3 Å². The lowest BCUT2D eigenvalue weighted by atomic mass is 10.1. The Balaban J connectivity index is 1.55. The minimum atomic E-state index is -3.74. The van der Waals surface area contributed by atoms with Crippen molar-refractivity contribution in [3.63, 3.8) is 0 Å².